The highest BCUT2D eigenvalue weighted by molar-refractivity contribution is 5.94. The Kier molecular flexibility index (Phi) is 8.34. The average molecular weight is 422 g/mol. The second-order valence-electron chi connectivity index (χ2n) is 7.79. The molecule has 0 aliphatic carbocycles. The first-order valence-corrected chi connectivity index (χ1v) is 10.0. The lowest BCUT2D eigenvalue weighted by molar-refractivity contribution is -0.142. The molecule has 0 saturated carbocycles. The zero-order valence-corrected chi connectivity index (χ0v) is 17.4. The van der Waals surface area contributed by atoms with Crippen molar-refractivity contribution in [3.8, 4) is 0 Å². The number of carboxylic acid groups (broad SMARTS) is 1. The molecule has 0 bridgehead atoms. The molecule has 4 unspecified atom stereocenters. The zero-order chi connectivity index (χ0) is 22.3. The second-order valence-corrected chi connectivity index (χ2v) is 7.79. The minimum atomic E-state index is -1.20. The molecule has 1 aromatic heterocycles. The molecule has 3 amide bonds. The summed E-state index contributed by atoms with van der Waals surface area (Å²) in [6, 6.07) is -3.29. The van der Waals surface area contributed by atoms with E-state index in [0.717, 1.165) is 13.0 Å². The first-order valence-electron chi connectivity index (χ1n) is 10.0. The molecule has 0 spiro atoms. The molecule has 11 nitrogen and oxygen atoms in total. The number of amides is 3. The summed E-state index contributed by atoms with van der Waals surface area (Å²) < 4.78 is 0. The number of H-pyrrole nitrogens is 1. The fourth-order valence-electron chi connectivity index (χ4n) is 3.18. The summed E-state index contributed by atoms with van der Waals surface area (Å²) in [6.07, 6.45) is 4.54. The zero-order valence-electron chi connectivity index (χ0n) is 17.4. The van der Waals surface area contributed by atoms with Crippen molar-refractivity contribution in [1.82, 2.24) is 31.2 Å². The van der Waals surface area contributed by atoms with Crippen LogP contribution < -0.4 is 21.3 Å². The number of carboxylic acids is 1. The minimum Gasteiger partial charge on any atom is -0.480 e. The van der Waals surface area contributed by atoms with Crippen molar-refractivity contribution in [2.24, 2.45) is 5.92 Å². The number of hydrogen-bond acceptors (Lipinski definition) is 6. The van der Waals surface area contributed by atoms with Gasteiger partial charge in [0.15, 0.2) is 0 Å². The summed E-state index contributed by atoms with van der Waals surface area (Å²) in [5.74, 6) is -2.88. The predicted octanol–water partition coefficient (Wildman–Crippen LogP) is -1.08. The molecule has 0 radical (unpaired) electrons. The van der Waals surface area contributed by atoms with Crippen molar-refractivity contribution in [2.75, 3.05) is 6.54 Å². The van der Waals surface area contributed by atoms with Gasteiger partial charge in [-0.3, -0.25) is 14.4 Å². The summed E-state index contributed by atoms with van der Waals surface area (Å²) in [4.78, 5) is 55.6. The summed E-state index contributed by atoms with van der Waals surface area (Å²) in [6.45, 7) is 5.77. The lowest BCUT2D eigenvalue weighted by Gasteiger charge is -2.26. The lowest BCUT2D eigenvalue weighted by Crippen LogP contribution is -2.58. The van der Waals surface area contributed by atoms with Gasteiger partial charge in [-0.2, -0.15) is 0 Å². The molecule has 1 aliphatic rings. The maximum Gasteiger partial charge on any atom is 0.326 e. The van der Waals surface area contributed by atoms with Gasteiger partial charge >= 0.3 is 5.97 Å². The van der Waals surface area contributed by atoms with Crippen LogP contribution in [0.1, 0.15) is 39.3 Å². The van der Waals surface area contributed by atoms with E-state index in [4.69, 9.17) is 0 Å². The largest absolute Gasteiger partial charge is 0.480 e. The Morgan fingerprint density at radius 2 is 1.90 bits per heavy atom. The normalized spacial score (nSPS) is 19.0. The van der Waals surface area contributed by atoms with E-state index in [1.54, 1.807) is 13.8 Å². The van der Waals surface area contributed by atoms with Crippen LogP contribution in [0.2, 0.25) is 0 Å². The monoisotopic (exact) mass is 422 g/mol. The molecule has 2 heterocycles. The summed E-state index contributed by atoms with van der Waals surface area (Å²) in [5.41, 5.74) is 0.560. The number of nitrogens with zero attached hydrogens (tertiary/aromatic N) is 1. The summed E-state index contributed by atoms with van der Waals surface area (Å²) >= 11 is 0. The van der Waals surface area contributed by atoms with Crippen molar-refractivity contribution in [3.63, 3.8) is 0 Å². The van der Waals surface area contributed by atoms with Gasteiger partial charge < -0.3 is 31.4 Å². The maximum absolute atomic E-state index is 12.7. The third-order valence-corrected chi connectivity index (χ3v) is 4.97. The van der Waals surface area contributed by atoms with Crippen molar-refractivity contribution < 1.29 is 24.3 Å². The molecule has 1 saturated heterocycles. The molecule has 166 valence electrons. The number of carbonyl (C=O) groups is 4. The highest BCUT2D eigenvalue weighted by Gasteiger charge is 2.31. The van der Waals surface area contributed by atoms with Crippen molar-refractivity contribution in [3.05, 3.63) is 18.2 Å². The number of carbonyl (C=O) groups excluding carboxylic acids is 3. The first-order chi connectivity index (χ1) is 14.2. The molecule has 11 heteroatoms. The van der Waals surface area contributed by atoms with Crippen LogP contribution in [0, 0.1) is 5.92 Å². The summed E-state index contributed by atoms with van der Waals surface area (Å²) in [7, 11) is 0. The van der Waals surface area contributed by atoms with Gasteiger partial charge in [-0.25, -0.2) is 9.78 Å². The second kappa shape index (κ2) is 10.7. The number of aromatic amines is 1. The van der Waals surface area contributed by atoms with Gasteiger partial charge in [-0.1, -0.05) is 13.8 Å². The van der Waals surface area contributed by atoms with E-state index in [1.807, 2.05) is 0 Å². The third kappa shape index (κ3) is 6.55. The number of rotatable bonds is 10. The van der Waals surface area contributed by atoms with Crippen LogP contribution in [0.15, 0.2) is 12.5 Å². The topological polar surface area (TPSA) is 165 Å². The Labute approximate surface area is 174 Å². The lowest BCUT2D eigenvalue weighted by atomic mass is 10.0. The van der Waals surface area contributed by atoms with Crippen LogP contribution in [0.4, 0.5) is 0 Å². The molecule has 1 aromatic rings. The Morgan fingerprint density at radius 1 is 1.17 bits per heavy atom. The van der Waals surface area contributed by atoms with Crippen LogP contribution in [0.25, 0.3) is 0 Å². The third-order valence-electron chi connectivity index (χ3n) is 4.97. The first kappa shape index (κ1) is 23.3. The van der Waals surface area contributed by atoms with E-state index in [1.165, 1.54) is 19.4 Å². The highest BCUT2D eigenvalue weighted by atomic mass is 16.4. The van der Waals surface area contributed by atoms with E-state index in [9.17, 15) is 24.3 Å². The Bertz CT molecular complexity index is 745. The highest BCUT2D eigenvalue weighted by Crippen LogP contribution is 2.07. The predicted molar refractivity (Wildman–Crippen MR) is 107 cm³/mol. The van der Waals surface area contributed by atoms with Crippen LogP contribution in [0.3, 0.4) is 0 Å². The van der Waals surface area contributed by atoms with Crippen molar-refractivity contribution in [2.45, 2.75) is 64.2 Å². The van der Waals surface area contributed by atoms with Gasteiger partial charge in [0, 0.05) is 18.3 Å². The molecule has 6 N–H and O–H groups in total. The van der Waals surface area contributed by atoms with Crippen molar-refractivity contribution >= 4 is 23.7 Å². The van der Waals surface area contributed by atoms with Crippen molar-refractivity contribution in [1.29, 1.82) is 0 Å². The molecule has 2 rings (SSSR count). The van der Waals surface area contributed by atoms with Crippen LogP contribution >= 0.6 is 0 Å². The molecule has 4 atom stereocenters. The number of nitrogens with one attached hydrogen (secondary N) is 5. The fraction of sp³-hybridized carbons (Fsp3) is 0.632. The van der Waals surface area contributed by atoms with E-state index in [-0.39, 0.29) is 24.3 Å². The van der Waals surface area contributed by atoms with Crippen LogP contribution in [0.5, 0.6) is 0 Å². The van der Waals surface area contributed by atoms with E-state index in [2.05, 4.69) is 31.2 Å². The summed E-state index contributed by atoms with van der Waals surface area (Å²) in [5, 5.41) is 20.2. The number of imidazole rings is 1. The Morgan fingerprint density at radius 3 is 2.43 bits per heavy atom. The van der Waals surface area contributed by atoms with E-state index >= 15 is 0 Å². The number of aliphatic carboxylic acids is 1. The molecule has 1 fully saturated rings. The molecule has 1 aliphatic heterocycles. The fourth-order valence-corrected chi connectivity index (χ4v) is 3.18. The van der Waals surface area contributed by atoms with Gasteiger partial charge in [-0.05, 0) is 32.2 Å². The number of aromatic nitrogens is 2. The van der Waals surface area contributed by atoms with Gasteiger partial charge in [0.05, 0.1) is 12.4 Å². The molecule has 30 heavy (non-hydrogen) atoms. The minimum absolute atomic E-state index is 0.0285. The SMILES string of the molecule is CC(NC(=O)C1CCCN1)C(=O)NC(C(=O)NC(Cc1cnc[nH]1)C(=O)O)C(C)C. The van der Waals surface area contributed by atoms with E-state index in [0.29, 0.717) is 12.1 Å². The standard InChI is InChI=1S/C19H30N6O5/c1-10(2)15(18(28)24-14(19(29)30)7-12-8-20-9-22-12)25-16(26)11(3)23-17(27)13-5-4-6-21-13/h8-11,13-15,21H,4-7H2,1-3H3,(H,20,22)(H,23,27)(H,24,28)(H,25,26)(H,29,30). The maximum atomic E-state index is 12.7. The van der Waals surface area contributed by atoms with E-state index < -0.39 is 35.9 Å². The van der Waals surface area contributed by atoms with Gasteiger partial charge in [0.2, 0.25) is 17.7 Å². The quantitative estimate of drug-likeness (QED) is 0.279. The Hall–Kier alpha value is -2.95. The van der Waals surface area contributed by atoms with Crippen LogP contribution in [-0.4, -0.2) is 69.5 Å². The molecular formula is C19H30N6O5. The van der Waals surface area contributed by atoms with Gasteiger partial charge in [0.1, 0.15) is 18.1 Å². The molecule has 0 aromatic carbocycles. The molecular weight excluding hydrogens is 392 g/mol. The van der Waals surface area contributed by atoms with Crippen LogP contribution in [-0.2, 0) is 25.6 Å². The number of hydrogen-bond donors (Lipinski definition) is 6. The smallest absolute Gasteiger partial charge is 0.326 e. The van der Waals surface area contributed by atoms with Gasteiger partial charge in [-0.15, -0.1) is 0 Å². The van der Waals surface area contributed by atoms with Gasteiger partial charge in [0.25, 0.3) is 0 Å². The average Bonchev–Trinajstić information content (AvgIpc) is 3.38. The Balaban J connectivity index is 1.95.